The molecule has 1 heterocycles. The second-order valence-electron chi connectivity index (χ2n) is 6.91. The highest BCUT2D eigenvalue weighted by Crippen LogP contribution is 2.19. The van der Waals surface area contributed by atoms with Crippen molar-refractivity contribution in [2.24, 2.45) is 4.99 Å². The van der Waals surface area contributed by atoms with Gasteiger partial charge in [-0.2, -0.15) is 5.10 Å². The summed E-state index contributed by atoms with van der Waals surface area (Å²) in [7, 11) is 1.81. The van der Waals surface area contributed by atoms with Gasteiger partial charge >= 0.3 is 0 Å². The molecule has 1 aliphatic carbocycles. The van der Waals surface area contributed by atoms with Gasteiger partial charge in [0.15, 0.2) is 5.96 Å². The third kappa shape index (κ3) is 7.46. The van der Waals surface area contributed by atoms with Crippen molar-refractivity contribution in [1.29, 1.82) is 0 Å². The van der Waals surface area contributed by atoms with E-state index >= 15 is 0 Å². The molecule has 0 unspecified atom stereocenters. The normalized spacial score (nSPS) is 16.7. The van der Waals surface area contributed by atoms with E-state index in [0.29, 0.717) is 6.10 Å². The molecule has 6 nitrogen and oxygen atoms in total. The van der Waals surface area contributed by atoms with Crippen molar-refractivity contribution in [3.05, 3.63) is 17.5 Å². The van der Waals surface area contributed by atoms with Crippen molar-refractivity contribution in [3.8, 4) is 0 Å². The maximum Gasteiger partial charge on any atom is 0.191 e. The number of guanidine groups is 1. The second-order valence-corrected chi connectivity index (χ2v) is 6.91. The molecule has 0 bridgehead atoms. The molecule has 0 spiro atoms. The Balaban J connectivity index is 1.55. The Morgan fingerprint density at radius 2 is 1.92 bits per heavy atom. The van der Waals surface area contributed by atoms with E-state index in [1.807, 2.05) is 14.0 Å². The van der Waals surface area contributed by atoms with E-state index in [-0.39, 0.29) is 0 Å². The topological polar surface area (TPSA) is 63.5 Å². The van der Waals surface area contributed by atoms with E-state index in [2.05, 4.69) is 38.4 Å². The van der Waals surface area contributed by atoms with Crippen LogP contribution >= 0.6 is 0 Å². The Labute approximate surface area is 152 Å². The van der Waals surface area contributed by atoms with Gasteiger partial charge in [0.05, 0.1) is 18.4 Å². The molecule has 0 atom stereocenters. The lowest BCUT2D eigenvalue weighted by Gasteiger charge is -2.17. The van der Waals surface area contributed by atoms with Gasteiger partial charge in [-0.05, 0) is 39.2 Å². The molecule has 0 amide bonds. The Morgan fingerprint density at radius 1 is 1.20 bits per heavy atom. The highest BCUT2D eigenvalue weighted by atomic mass is 16.5. The molecule has 0 saturated heterocycles. The maximum atomic E-state index is 6.00. The average molecular weight is 350 g/mol. The van der Waals surface area contributed by atoms with Crippen molar-refractivity contribution in [2.75, 3.05) is 26.7 Å². The van der Waals surface area contributed by atoms with Gasteiger partial charge in [0.25, 0.3) is 0 Å². The highest BCUT2D eigenvalue weighted by molar-refractivity contribution is 5.79. The summed E-state index contributed by atoms with van der Waals surface area (Å²) in [5.74, 6) is 0.845. The molecule has 1 aliphatic rings. The zero-order chi connectivity index (χ0) is 17.9. The van der Waals surface area contributed by atoms with Crippen LogP contribution in [0.25, 0.3) is 0 Å². The molecular formula is C19H35N5O. The Morgan fingerprint density at radius 3 is 2.56 bits per heavy atom. The number of aryl methyl sites for hydroxylation is 3. The third-order valence-electron chi connectivity index (χ3n) is 4.72. The summed E-state index contributed by atoms with van der Waals surface area (Å²) in [6, 6.07) is 2.11. The van der Waals surface area contributed by atoms with Crippen LogP contribution < -0.4 is 10.6 Å². The monoisotopic (exact) mass is 349 g/mol. The summed E-state index contributed by atoms with van der Waals surface area (Å²) < 4.78 is 8.06. The first-order valence-electron chi connectivity index (χ1n) is 9.76. The second kappa shape index (κ2) is 11.1. The largest absolute Gasteiger partial charge is 0.376 e. The van der Waals surface area contributed by atoms with Crippen LogP contribution in [0, 0.1) is 13.8 Å². The van der Waals surface area contributed by atoms with Gasteiger partial charge in [-0.3, -0.25) is 9.67 Å². The zero-order valence-electron chi connectivity index (χ0n) is 16.2. The Hall–Kier alpha value is -1.56. The highest BCUT2D eigenvalue weighted by Gasteiger charge is 2.12. The van der Waals surface area contributed by atoms with Crippen molar-refractivity contribution in [3.63, 3.8) is 0 Å². The van der Waals surface area contributed by atoms with Gasteiger partial charge < -0.3 is 15.4 Å². The predicted octanol–water partition coefficient (Wildman–Crippen LogP) is 2.79. The van der Waals surface area contributed by atoms with E-state index in [0.717, 1.165) is 44.3 Å². The van der Waals surface area contributed by atoms with Crippen molar-refractivity contribution in [2.45, 2.75) is 71.4 Å². The summed E-state index contributed by atoms with van der Waals surface area (Å²) in [5.41, 5.74) is 2.30. The maximum absolute atomic E-state index is 6.00. The van der Waals surface area contributed by atoms with E-state index in [4.69, 9.17) is 4.74 Å². The van der Waals surface area contributed by atoms with Crippen molar-refractivity contribution < 1.29 is 4.74 Å². The molecule has 1 aromatic rings. The lowest BCUT2D eigenvalue weighted by molar-refractivity contribution is 0.0468. The molecule has 1 fully saturated rings. The van der Waals surface area contributed by atoms with Crippen molar-refractivity contribution in [1.82, 2.24) is 20.4 Å². The van der Waals surface area contributed by atoms with Crippen LogP contribution in [0.5, 0.6) is 0 Å². The van der Waals surface area contributed by atoms with Gasteiger partial charge in [-0.25, -0.2) is 0 Å². The Bertz CT molecular complexity index is 518. The number of nitrogens with one attached hydrogen (secondary N) is 2. The molecule has 6 heteroatoms. The number of ether oxygens (including phenoxy) is 1. The number of aliphatic imine (C=N–C) groups is 1. The molecule has 142 valence electrons. The molecule has 0 aliphatic heterocycles. The molecule has 0 aromatic carbocycles. The minimum atomic E-state index is 0.458. The molecule has 1 aromatic heterocycles. The van der Waals surface area contributed by atoms with Crippen LogP contribution in [-0.2, 0) is 11.3 Å². The molecular weight excluding hydrogens is 314 g/mol. The zero-order valence-corrected chi connectivity index (χ0v) is 16.2. The SMILES string of the molecule is CN=C(NCCCn1nc(C)cc1C)NCCOC1CCCCCC1. The van der Waals surface area contributed by atoms with Gasteiger partial charge in [0.2, 0.25) is 0 Å². The van der Waals surface area contributed by atoms with Crippen LogP contribution in [0.2, 0.25) is 0 Å². The summed E-state index contributed by atoms with van der Waals surface area (Å²) in [5, 5.41) is 11.2. The van der Waals surface area contributed by atoms with Crippen molar-refractivity contribution >= 4 is 5.96 Å². The predicted molar refractivity (Wildman–Crippen MR) is 103 cm³/mol. The first-order chi connectivity index (χ1) is 12.2. The molecule has 2 N–H and O–H groups in total. The molecule has 0 radical (unpaired) electrons. The number of nitrogens with zero attached hydrogens (tertiary/aromatic N) is 3. The minimum absolute atomic E-state index is 0.458. The standard InChI is InChI=1S/C19H35N5O/c1-16-15-17(2)24(23-16)13-8-11-21-19(20-3)22-12-14-25-18-9-6-4-5-7-10-18/h15,18H,4-14H2,1-3H3,(H2,20,21,22). The van der Waals surface area contributed by atoms with E-state index in [1.165, 1.54) is 44.2 Å². The van der Waals surface area contributed by atoms with Gasteiger partial charge in [0.1, 0.15) is 0 Å². The number of hydrogen-bond acceptors (Lipinski definition) is 3. The molecule has 1 saturated carbocycles. The molecule has 2 rings (SSSR count). The smallest absolute Gasteiger partial charge is 0.191 e. The van der Waals surface area contributed by atoms with Crippen LogP contribution in [-0.4, -0.2) is 48.6 Å². The fraction of sp³-hybridized carbons (Fsp3) is 0.789. The first-order valence-corrected chi connectivity index (χ1v) is 9.76. The van der Waals surface area contributed by atoms with E-state index < -0.39 is 0 Å². The first kappa shape index (κ1) is 19.8. The number of aromatic nitrogens is 2. The number of hydrogen-bond donors (Lipinski definition) is 2. The van der Waals surface area contributed by atoms with Gasteiger partial charge in [-0.1, -0.05) is 25.7 Å². The third-order valence-corrected chi connectivity index (χ3v) is 4.72. The molecule has 25 heavy (non-hydrogen) atoms. The van der Waals surface area contributed by atoms with Crippen LogP contribution in [0.1, 0.15) is 56.3 Å². The minimum Gasteiger partial charge on any atom is -0.376 e. The summed E-state index contributed by atoms with van der Waals surface area (Å²) in [4.78, 5) is 4.27. The average Bonchev–Trinajstić information content (AvgIpc) is 2.79. The Kier molecular flexibility index (Phi) is 8.80. The van der Waals surface area contributed by atoms with Gasteiger partial charge in [0, 0.05) is 32.4 Å². The summed E-state index contributed by atoms with van der Waals surface area (Å²) in [6.45, 7) is 7.48. The quantitative estimate of drug-likeness (QED) is 0.328. The summed E-state index contributed by atoms with van der Waals surface area (Å²) >= 11 is 0. The lowest BCUT2D eigenvalue weighted by atomic mass is 10.1. The lowest BCUT2D eigenvalue weighted by Crippen LogP contribution is -2.40. The summed E-state index contributed by atoms with van der Waals surface area (Å²) in [6.07, 6.45) is 9.28. The van der Waals surface area contributed by atoms with Crippen LogP contribution in [0.3, 0.4) is 0 Å². The van der Waals surface area contributed by atoms with E-state index in [1.54, 1.807) is 0 Å². The van der Waals surface area contributed by atoms with E-state index in [9.17, 15) is 0 Å². The van der Waals surface area contributed by atoms with Gasteiger partial charge in [-0.15, -0.1) is 0 Å². The number of rotatable bonds is 8. The fourth-order valence-corrected chi connectivity index (χ4v) is 3.36. The van der Waals surface area contributed by atoms with Crippen LogP contribution in [0.4, 0.5) is 0 Å². The fourth-order valence-electron chi connectivity index (χ4n) is 3.36. The van der Waals surface area contributed by atoms with Crippen LogP contribution in [0.15, 0.2) is 11.1 Å².